The lowest BCUT2D eigenvalue weighted by Crippen LogP contribution is -2.32. The number of anilines is 1. The molecule has 0 saturated carbocycles. The Morgan fingerprint density at radius 3 is 3.05 bits per heavy atom. The summed E-state index contributed by atoms with van der Waals surface area (Å²) < 4.78 is 6.89. The van der Waals surface area contributed by atoms with Gasteiger partial charge in [0, 0.05) is 34.6 Å². The van der Waals surface area contributed by atoms with Gasteiger partial charge in [-0.25, -0.2) is 4.98 Å². The van der Waals surface area contributed by atoms with Crippen LogP contribution in [0.4, 0.5) is 5.82 Å². The summed E-state index contributed by atoms with van der Waals surface area (Å²) in [5, 5.41) is 5.76. The Kier molecular flexibility index (Phi) is 3.46. The van der Waals surface area contributed by atoms with Crippen molar-refractivity contribution >= 4 is 32.5 Å². The normalized spacial score (nSPS) is 22.8. The second-order valence-corrected chi connectivity index (χ2v) is 6.10. The van der Waals surface area contributed by atoms with Crippen molar-refractivity contribution in [2.45, 2.75) is 25.4 Å². The number of hydrogen-bond acceptors (Lipinski definition) is 3. The maximum absolute atomic E-state index is 5.80. The van der Waals surface area contributed by atoms with Gasteiger partial charge in [0.05, 0.1) is 5.60 Å². The van der Waals surface area contributed by atoms with Crippen molar-refractivity contribution < 1.29 is 4.74 Å². The lowest BCUT2D eigenvalue weighted by molar-refractivity contribution is 0.0315. The number of hydrogen-bond donors (Lipinski definition) is 1. The molecule has 0 radical (unpaired) electrons. The van der Waals surface area contributed by atoms with Crippen LogP contribution in [0.15, 0.2) is 34.9 Å². The van der Waals surface area contributed by atoms with Crippen molar-refractivity contribution in [3.63, 3.8) is 0 Å². The van der Waals surface area contributed by atoms with E-state index in [2.05, 4.69) is 39.2 Å². The van der Waals surface area contributed by atoms with Crippen LogP contribution in [0.5, 0.6) is 0 Å². The van der Waals surface area contributed by atoms with E-state index in [1.54, 1.807) is 0 Å². The van der Waals surface area contributed by atoms with E-state index >= 15 is 0 Å². The minimum Gasteiger partial charge on any atom is -0.373 e. The van der Waals surface area contributed by atoms with Crippen LogP contribution in [0.2, 0.25) is 0 Å². The summed E-state index contributed by atoms with van der Waals surface area (Å²) in [6.07, 6.45) is 4.09. The molecule has 1 N–H and O–H groups in total. The van der Waals surface area contributed by atoms with Crippen LogP contribution >= 0.6 is 15.9 Å². The number of nitrogens with one attached hydrogen (secondary N) is 1. The highest BCUT2D eigenvalue weighted by Crippen LogP contribution is 2.29. The molecule has 0 amide bonds. The largest absolute Gasteiger partial charge is 0.373 e. The Morgan fingerprint density at radius 1 is 1.37 bits per heavy atom. The Balaban J connectivity index is 1.87. The van der Waals surface area contributed by atoms with Crippen LogP contribution < -0.4 is 5.32 Å². The molecule has 100 valence electrons. The third kappa shape index (κ3) is 2.60. The minimum atomic E-state index is -0.0597. The van der Waals surface area contributed by atoms with Crippen molar-refractivity contribution in [1.29, 1.82) is 0 Å². The summed E-state index contributed by atoms with van der Waals surface area (Å²) in [6, 6.07) is 8.20. The highest BCUT2D eigenvalue weighted by atomic mass is 79.9. The van der Waals surface area contributed by atoms with Gasteiger partial charge in [-0.2, -0.15) is 0 Å². The number of ether oxygens (including phenoxy) is 1. The first kappa shape index (κ1) is 12.9. The van der Waals surface area contributed by atoms with Gasteiger partial charge in [-0.3, -0.25) is 0 Å². The molecule has 1 saturated heterocycles. The van der Waals surface area contributed by atoms with Crippen molar-refractivity contribution in [2.75, 3.05) is 18.5 Å². The van der Waals surface area contributed by atoms with Crippen molar-refractivity contribution in [1.82, 2.24) is 4.98 Å². The first-order valence-electron chi connectivity index (χ1n) is 6.59. The quantitative estimate of drug-likeness (QED) is 0.928. The third-order valence-electron chi connectivity index (χ3n) is 3.68. The molecule has 0 spiro atoms. The molecule has 3 nitrogen and oxygen atoms in total. The number of aromatic nitrogens is 1. The van der Waals surface area contributed by atoms with E-state index in [9.17, 15) is 0 Å². The van der Waals surface area contributed by atoms with Crippen LogP contribution in [0.25, 0.3) is 10.8 Å². The number of benzene rings is 1. The lowest BCUT2D eigenvalue weighted by atomic mass is 10.0. The lowest BCUT2D eigenvalue weighted by Gasteiger charge is -2.24. The highest BCUT2D eigenvalue weighted by molar-refractivity contribution is 9.10. The van der Waals surface area contributed by atoms with E-state index in [0.29, 0.717) is 0 Å². The van der Waals surface area contributed by atoms with Gasteiger partial charge in [-0.1, -0.05) is 28.1 Å². The summed E-state index contributed by atoms with van der Waals surface area (Å²) >= 11 is 3.58. The summed E-state index contributed by atoms with van der Waals surface area (Å²) in [5.41, 5.74) is -0.0597. The van der Waals surface area contributed by atoms with Crippen molar-refractivity contribution in [3.05, 3.63) is 34.9 Å². The molecule has 0 bridgehead atoms. The van der Waals surface area contributed by atoms with Gasteiger partial charge in [0.15, 0.2) is 0 Å². The third-order valence-corrected chi connectivity index (χ3v) is 4.37. The van der Waals surface area contributed by atoms with E-state index in [4.69, 9.17) is 4.74 Å². The molecule has 19 heavy (non-hydrogen) atoms. The number of halogens is 1. The van der Waals surface area contributed by atoms with Gasteiger partial charge in [0.1, 0.15) is 5.82 Å². The van der Waals surface area contributed by atoms with Crippen LogP contribution in [-0.4, -0.2) is 23.7 Å². The molecule has 2 heterocycles. The zero-order valence-electron chi connectivity index (χ0n) is 10.9. The monoisotopic (exact) mass is 320 g/mol. The number of fused-ring (bicyclic) bond motifs is 1. The zero-order chi connectivity index (χ0) is 13.3. The molecular weight excluding hydrogens is 304 g/mol. The Morgan fingerprint density at radius 2 is 2.26 bits per heavy atom. The number of pyridine rings is 1. The summed E-state index contributed by atoms with van der Waals surface area (Å²) in [5.74, 6) is 0.926. The maximum Gasteiger partial charge on any atom is 0.133 e. The molecule has 1 fully saturated rings. The van der Waals surface area contributed by atoms with Gasteiger partial charge in [0.2, 0.25) is 0 Å². The van der Waals surface area contributed by atoms with Gasteiger partial charge in [0.25, 0.3) is 0 Å². The Labute approximate surface area is 121 Å². The summed E-state index contributed by atoms with van der Waals surface area (Å²) in [6.45, 7) is 3.83. The first-order chi connectivity index (χ1) is 9.18. The molecule has 3 rings (SSSR count). The molecule has 1 atom stereocenters. The van der Waals surface area contributed by atoms with E-state index in [1.807, 2.05) is 24.4 Å². The zero-order valence-corrected chi connectivity index (χ0v) is 12.5. The SMILES string of the molecule is CC1(CNc2nccc3c(Br)cccc23)CCCO1. The van der Waals surface area contributed by atoms with Gasteiger partial charge in [-0.05, 0) is 31.9 Å². The average Bonchev–Trinajstić information content (AvgIpc) is 2.84. The molecule has 2 aromatic rings. The average molecular weight is 321 g/mol. The molecule has 0 aliphatic carbocycles. The smallest absolute Gasteiger partial charge is 0.133 e. The number of rotatable bonds is 3. The molecule has 1 aliphatic heterocycles. The fraction of sp³-hybridized carbons (Fsp3) is 0.400. The Hall–Kier alpha value is -1.13. The second-order valence-electron chi connectivity index (χ2n) is 5.25. The highest BCUT2D eigenvalue weighted by Gasteiger charge is 2.29. The van der Waals surface area contributed by atoms with Crippen LogP contribution in [0.3, 0.4) is 0 Å². The van der Waals surface area contributed by atoms with Crippen molar-refractivity contribution in [3.8, 4) is 0 Å². The molecule has 1 aromatic heterocycles. The predicted molar refractivity (Wildman–Crippen MR) is 81.5 cm³/mol. The minimum absolute atomic E-state index is 0.0597. The fourth-order valence-corrected chi connectivity index (χ4v) is 3.05. The van der Waals surface area contributed by atoms with Crippen LogP contribution in [0, 0.1) is 0 Å². The summed E-state index contributed by atoms with van der Waals surface area (Å²) in [4.78, 5) is 4.45. The van der Waals surface area contributed by atoms with E-state index in [-0.39, 0.29) is 5.60 Å². The topological polar surface area (TPSA) is 34.2 Å². The van der Waals surface area contributed by atoms with Gasteiger partial charge >= 0.3 is 0 Å². The molecule has 1 unspecified atom stereocenters. The maximum atomic E-state index is 5.80. The standard InChI is InChI=1S/C15H17BrN2O/c1-15(7-3-9-19-15)10-18-14-12-4-2-5-13(16)11(12)6-8-17-14/h2,4-6,8H,3,7,9-10H2,1H3,(H,17,18). The molecule has 4 heteroatoms. The second kappa shape index (κ2) is 5.10. The first-order valence-corrected chi connectivity index (χ1v) is 7.38. The van der Waals surface area contributed by atoms with Gasteiger partial charge in [-0.15, -0.1) is 0 Å². The summed E-state index contributed by atoms with van der Waals surface area (Å²) in [7, 11) is 0. The van der Waals surface area contributed by atoms with Crippen molar-refractivity contribution in [2.24, 2.45) is 0 Å². The van der Waals surface area contributed by atoms with E-state index in [0.717, 1.165) is 41.7 Å². The van der Waals surface area contributed by atoms with E-state index < -0.39 is 0 Å². The molecule has 1 aromatic carbocycles. The molecular formula is C15H17BrN2O. The number of nitrogens with zero attached hydrogens (tertiary/aromatic N) is 1. The predicted octanol–water partition coefficient (Wildman–Crippen LogP) is 3.98. The van der Waals surface area contributed by atoms with Gasteiger partial charge < -0.3 is 10.1 Å². The van der Waals surface area contributed by atoms with E-state index in [1.165, 1.54) is 5.39 Å². The molecule has 1 aliphatic rings. The van der Waals surface area contributed by atoms with Crippen LogP contribution in [-0.2, 0) is 4.74 Å². The van der Waals surface area contributed by atoms with Crippen LogP contribution in [0.1, 0.15) is 19.8 Å². The fourth-order valence-electron chi connectivity index (χ4n) is 2.56. The Bertz CT molecular complexity index is 594.